The van der Waals surface area contributed by atoms with E-state index >= 15 is 0 Å². The number of rotatable bonds is 4. The smallest absolute Gasteiger partial charge is 0.223 e. The summed E-state index contributed by atoms with van der Waals surface area (Å²) in [6, 6.07) is 3.54. The lowest BCUT2D eigenvalue weighted by molar-refractivity contribution is -0.190. The van der Waals surface area contributed by atoms with E-state index in [2.05, 4.69) is 16.8 Å². The van der Waals surface area contributed by atoms with Crippen LogP contribution in [0.25, 0.3) is 0 Å². The molecule has 0 unspecified atom stereocenters. The van der Waals surface area contributed by atoms with Crippen LogP contribution in [0.3, 0.4) is 0 Å². The minimum Gasteiger partial charge on any atom is -0.504 e. The number of nitrogens with zero attached hydrogens (tertiary/aromatic N) is 1. The third kappa shape index (κ3) is 2.57. The standard InChI is InChI=1S/C26H34N2O4/c1-2-13-28-14-12-25-21-17-8-9-19(29)22(21)32-23(25)18(10-11-26(25,31)20(28)15-17)27-24(30)16-6-4-3-5-7-16/h2,8-9,16,18,20,23,29,31H,1,3-7,10-15H2,(H,27,30)/t18-,20-,23+,25+,26-/m1/s1. The molecule has 1 aromatic carbocycles. The van der Waals surface area contributed by atoms with E-state index in [1.165, 1.54) is 6.42 Å². The first-order valence-electron chi connectivity index (χ1n) is 12.4. The van der Waals surface area contributed by atoms with Crippen LogP contribution in [0.4, 0.5) is 0 Å². The van der Waals surface area contributed by atoms with Crippen LogP contribution in [0.2, 0.25) is 0 Å². The van der Waals surface area contributed by atoms with Gasteiger partial charge >= 0.3 is 0 Å². The van der Waals surface area contributed by atoms with Crippen LogP contribution >= 0.6 is 0 Å². The zero-order valence-corrected chi connectivity index (χ0v) is 18.7. The molecule has 1 saturated heterocycles. The van der Waals surface area contributed by atoms with Crippen LogP contribution in [0.5, 0.6) is 11.5 Å². The van der Waals surface area contributed by atoms with E-state index in [1.54, 1.807) is 6.07 Å². The lowest BCUT2D eigenvalue weighted by Crippen LogP contribution is -2.78. The monoisotopic (exact) mass is 438 g/mol. The molecule has 3 aliphatic carbocycles. The van der Waals surface area contributed by atoms with Crippen LogP contribution in [-0.4, -0.2) is 57.9 Å². The van der Waals surface area contributed by atoms with Crippen molar-refractivity contribution in [3.05, 3.63) is 35.9 Å². The number of ether oxygens (including phenoxy) is 1. The first-order valence-corrected chi connectivity index (χ1v) is 12.4. The molecular weight excluding hydrogens is 404 g/mol. The van der Waals surface area contributed by atoms with E-state index in [4.69, 9.17) is 4.74 Å². The van der Waals surface area contributed by atoms with Gasteiger partial charge in [0.05, 0.1) is 17.1 Å². The van der Waals surface area contributed by atoms with Gasteiger partial charge in [-0.05, 0) is 56.7 Å². The summed E-state index contributed by atoms with van der Waals surface area (Å²) in [7, 11) is 0. The topological polar surface area (TPSA) is 82.0 Å². The zero-order chi connectivity index (χ0) is 22.1. The molecule has 5 aliphatic rings. The van der Waals surface area contributed by atoms with Gasteiger partial charge in [-0.3, -0.25) is 9.69 Å². The molecule has 6 nitrogen and oxygen atoms in total. The molecule has 2 bridgehead atoms. The summed E-state index contributed by atoms with van der Waals surface area (Å²) in [5.41, 5.74) is 0.607. The molecule has 172 valence electrons. The van der Waals surface area contributed by atoms with E-state index in [1.807, 2.05) is 12.1 Å². The van der Waals surface area contributed by atoms with Crippen molar-refractivity contribution in [1.82, 2.24) is 10.2 Å². The van der Waals surface area contributed by atoms with Gasteiger partial charge in [-0.25, -0.2) is 0 Å². The predicted octanol–water partition coefficient (Wildman–Crippen LogP) is 2.80. The largest absolute Gasteiger partial charge is 0.504 e. The van der Waals surface area contributed by atoms with Gasteiger partial charge in [-0.15, -0.1) is 6.58 Å². The normalized spacial score (nSPS) is 38.0. The van der Waals surface area contributed by atoms with Crippen molar-refractivity contribution in [1.29, 1.82) is 0 Å². The SMILES string of the molecule is C=CCN1CC[C@]23c4c5ccc(O)c4O[C@H]2[C@H](NC(=O)C2CCCCC2)CC[C@@]3(O)[C@H]1C5. The molecule has 5 atom stereocenters. The van der Waals surface area contributed by atoms with Crippen molar-refractivity contribution in [2.75, 3.05) is 13.1 Å². The molecule has 32 heavy (non-hydrogen) atoms. The molecule has 0 aromatic heterocycles. The highest BCUT2D eigenvalue weighted by atomic mass is 16.5. The van der Waals surface area contributed by atoms with E-state index < -0.39 is 11.0 Å². The molecule has 1 spiro atoms. The summed E-state index contributed by atoms with van der Waals surface area (Å²) in [5.74, 6) is 0.889. The average Bonchev–Trinajstić information content (AvgIpc) is 3.15. The highest BCUT2D eigenvalue weighted by Crippen LogP contribution is 2.65. The second-order valence-corrected chi connectivity index (χ2v) is 10.6. The van der Waals surface area contributed by atoms with Crippen molar-refractivity contribution in [3.8, 4) is 11.5 Å². The number of benzene rings is 1. The number of aromatic hydroxyl groups is 1. The fraction of sp³-hybridized carbons (Fsp3) is 0.654. The quantitative estimate of drug-likeness (QED) is 0.630. The van der Waals surface area contributed by atoms with E-state index in [0.29, 0.717) is 18.6 Å². The Bertz CT molecular complexity index is 957. The number of piperidine rings is 1. The van der Waals surface area contributed by atoms with Crippen molar-refractivity contribution in [2.45, 2.75) is 87.0 Å². The first kappa shape index (κ1) is 20.5. The van der Waals surface area contributed by atoms with Gasteiger partial charge in [0.2, 0.25) is 5.91 Å². The lowest BCUT2D eigenvalue weighted by atomic mass is 9.48. The maximum atomic E-state index is 13.1. The van der Waals surface area contributed by atoms with Gasteiger partial charge in [0.1, 0.15) is 6.10 Å². The molecule has 6 rings (SSSR count). The van der Waals surface area contributed by atoms with Crippen molar-refractivity contribution >= 4 is 5.91 Å². The highest BCUT2D eigenvalue weighted by molar-refractivity contribution is 5.79. The van der Waals surface area contributed by atoms with Gasteiger partial charge in [-0.1, -0.05) is 31.4 Å². The molecule has 3 N–H and O–H groups in total. The molecule has 1 amide bonds. The Balaban J connectivity index is 1.40. The Morgan fingerprint density at radius 3 is 2.84 bits per heavy atom. The minimum absolute atomic E-state index is 0.0154. The summed E-state index contributed by atoms with van der Waals surface area (Å²) in [4.78, 5) is 15.5. The number of aliphatic hydroxyl groups is 1. The Labute approximate surface area is 189 Å². The van der Waals surface area contributed by atoms with Gasteiger partial charge in [0.15, 0.2) is 11.5 Å². The summed E-state index contributed by atoms with van der Waals surface area (Å²) in [5, 5.41) is 26.4. The maximum absolute atomic E-state index is 13.1. The van der Waals surface area contributed by atoms with Gasteiger partial charge in [-0.2, -0.15) is 0 Å². The first-order chi connectivity index (χ1) is 15.5. The van der Waals surface area contributed by atoms with Gasteiger partial charge in [0, 0.05) is 24.1 Å². The highest BCUT2D eigenvalue weighted by Gasteiger charge is 2.73. The number of carbonyl (C=O) groups is 1. The van der Waals surface area contributed by atoms with Crippen LogP contribution < -0.4 is 10.1 Å². The molecule has 6 heteroatoms. The van der Waals surface area contributed by atoms with Crippen LogP contribution in [-0.2, 0) is 16.6 Å². The number of phenols is 1. The molecular formula is C26H34N2O4. The van der Waals surface area contributed by atoms with E-state index in [-0.39, 0.29) is 35.8 Å². The zero-order valence-electron chi connectivity index (χ0n) is 18.7. The van der Waals surface area contributed by atoms with Gasteiger partial charge in [0.25, 0.3) is 0 Å². The summed E-state index contributed by atoms with van der Waals surface area (Å²) in [6.45, 7) is 5.52. The average molecular weight is 439 g/mol. The fourth-order valence-electron chi connectivity index (χ4n) is 7.83. The number of amides is 1. The summed E-state index contributed by atoms with van der Waals surface area (Å²) < 4.78 is 6.51. The summed E-state index contributed by atoms with van der Waals surface area (Å²) >= 11 is 0. The van der Waals surface area contributed by atoms with Crippen LogP contribution in [0, 0.1) is 5.92 Å². The predicted molar refractivity (Wildman–Crippen MR) is 121 cm³/mol. The number of phenolic OH excluding ortho intramolecular Hbond substituents is 1. The molecule has 1 aromatic rings. The van der Waals surface area contributed by atoms with Crippen LogP contribution in [0.15, 0.2) is 24.8 Å². The Morgan fingerprint density at radius 2 is 2.06 bits per heavy atom. The molecule has 2 heterocycles. The Morgan fingerprint density at radius 1 is 1.25 bits per heavy atom. The van der Waals surface area contributed by atoms with E-state index in [9.17, 15) is 15.0 Å². The fourth-order valence-corrected chi connectivity index (χ4v) is 7.83. The van der Waals surface area contributed by atoms with Crippen molar-refractivity contribution < 1.29 is 19.7 Å². The maximum Gasteiger partial charge on any atom is 0.223 e. The number of hydrogen-bond acceptors (Lipinski definition) is 5. The number of carbonyl (C=O) groups excluding carboxylic acids is 1. The minimum atomic E-state index is -0.947. The second-order valence-electron chi connectivity index (χ2n) is 10.6. The van der Waals surface area contributed by atoms with E-state index in [0.717, 1.165) is 62.7 Å². The molecule has 2 aliphatic heterocycles. The second kappa shape index (κ2) is 7.22. The molecule has 2 saturated carbocycles. The number of hydrogen-bond donors (Lipinski definition) is 3. The molecule has 3 fully saturated rings. The number of nitrogens with one attached hydrogen (secondary N) is 1. The number of likely N-dealkylation sites (tertiary alicyclic amines) is 1. The Hall–Kier alpha value is -2.05. The third-order valence-electron chi connectivity index (χ3n) is 9.24. The van der Waals surface area contributed by atoms with Crippen molar-refractivity contribution in [2.24, 2.45) is 5.92 Å². The van der Waals surface area contributed by atoms with Crippen LogP contribution in [0.1, 0.15) is 62.5 Å². The Kier molecular flexibility index (Phi) is 4.64. The third-order valence-corrected chi connectivity index (χ3v) is 9.24. The van der Waals surface area contributed by atoms with Gasteiger partial charge < -0.3 is 20.3 Å². The molecule has 0 radical (unpaired) electrons. The summed E-state index contributed by atoms with van der Waals surface area (Å²) in [6.07, 6.45) is 9.73. The van der Waals surface area contributed by atoms with Crippen molar-refractivity contribution in [3.63, 3.8) is 0 Å². The lowest BCUT2D eigenvalue weighted by Gasteiger charge is -2.64.